The van der Waals surface area contributed by atoms with Gasteiger partial charge in [0, 0.05) is 12.1 Å². The second-order valence-electron chi connectivity index (χ2n) is 4.89. The number of thiocarbonyl (C=S) groups is 1. The van der Waals surface area contributed by atoms with Gasteiger partial charge in [-0.15, -0.1) is 0 Å². The molecule has 0 aliphatic carbocycles. The zero-order valence-corrected chi connectivity index (χ0v) is 13.2. The molecule has 0 atom stereocenters. The fourth-order valence-electron chi connectivity index (χ4n) is 1.92. The Morgan fingerprint density at radius 2 is 1.76 bits per heavy atom. The van der Waals surface area contributed by atoms with Crippen molar-refractivity contribution >= 4 is 17.2 Å². The lowest BCUT2D eigenvalue weighted by molar-refractivity contribution is 0.309. The van der Waals surface area contributed by atoms with Crippen molar-refractivity contribution in [3.63, 3.8) is 0 Å². The van der Waals surface area contributed by atoms with Crippen molar-refractivity contribution in [3.05, 3.63) is 65.7 Å². The molecule has 0 saturated heterocycles. The maximum atomic E-state index is 5.65. The minimum Gasteiger partial charge on any atom is -0.494 e. The van der Waals surface area contributed by atoms with Crippen molar-refractivity contribution in [3.8, 4) is 5.75 Å². The van der Waals surface area contributed by atoms with Crippen molar-refractivity contribution in [2.24, 2.45) is 0 Å². The van der Waals surface area contributed by atoms with E-state index >= 15 is 0 Å². The van der Waals surface area contributed by atoms with Crippen LogP contribution in [0.5, 0.6) is 5.75 Å². The maximum Gasteiger partial charge on any atom is 0.119 e. The van der Waals surface area contributed by atoms with Gasteiger partial charge < -0.3 is 10.1 Å². The van der Waals surface area contributed by atoms with Crippen molar-refractivity contribution in [1.82, 2.24) is 5.32 Å². The van der Waals surface area contributed by atoms with Crippen LogP contribution in [-0.4, -0.2) is 11.6 Å². The maximum absolute atomic E-state index is 5.65. The second kappa shape index (κ2) is 8.42. The van der Waals surface area contributed by atoms with Crippen LogP contribution in [-0.2, 0) is 6.54 Å². The van der Waals surface area contributed by atoms with Gasteiger partial charge in [-0.3, -0.25) is 0 Å². The third kappa shape index (κ3) is 5.20. The summed E-state index contributed by atoms with van der Waals surface area (Å²) in [5, 5.41) is 3.28. The molecule has 2 aromatic carbocycles. The van der Waals surface area contributed by atoms with Gasteiger partial charge in [-0.2, -0.15) is 0 Å². The predicted octanol–water partition coefficient (Wildman–Crippen LogP) is 4.33. The summed E-state index contributed by atoms with van der Waals surface area (Å²) in [6, 6.07) is 18.2. The van der Waals surface area contributed by atoms with E-state index in [2.05, 4.69) is 24.4 Å². The van der Waals surface area contributed by atoms with Crippen LogP contribution in [0.1, 0.15) is 30.9 Å². The van der Waals surface area contributed by atoms with Crippen LogP contribution in [0.2, 0.25) is 0 Å². The molecule has 110 valence electrons. The molecule has 0 fully saturated rings. The van der Waals surface area contributed by atoms with Crippen molar-refractivity contribution in [2.75, 3.05) is 6.61 Å². The smallest absolute Gasteiger partial charge is 0.119 e. The number of benzene rings is 2. The summed E-state index contributed by atoms with van der Waals surface area (Å²) >= 11 is 5.42. The van der Waals surface area contributed by atoms with E-state index < -0.39 is 0 Å². The highest BCUT2D eigenvalue weighted by Crippen LogP contribution is 2.13. The summed E-state index contributed by atoms with van der Waals surface area (Å²) in [7, 11) is 0. The first-order valence-corrected chi connectivity index (χ1v) is 7.75. The quantitative estimate of drug-likeness (QED) is 0.607. The number of rotatable bonds is 7. The summed E-state index contributed by atoms with van der Waals surface area (Å²) in [6.07, 6.45) is 2.23. The number of hydrogen-bond donors (Lipinski definition) is 1. The second-order valence-corrected chi connectivity index (χ2v) is 5.30. The highest BCUT2D eigenvalue weighted by Gasteiger charge is 2.01. The Morgan fingerprint density at radius 3 is 2.43 bits per heavy atom. The van der Waals surface area contributed by atoms with E-state index in [1.165, 1.54) is 5.56 Å². The summed E-state index contributed by atoms with van der Waals surface area (Å²) in [4.78, 5) is 0.763. The average molecular weight is 299 g/mol. The molecule has 0 amide bonds. The van der Waals surface area contributed by atoms with Gasteiger partial charge in [-0.25, -0.2) is 0 Å². The Kier molecular flexibility index (Phi) is 6.22. The fraction of sp³-hybridized carbons (Fsp3) is 0.278. The Bertz CT molecular complexity index is 551. The monoisotopic (exact) mass is 299 g/mol. The van der Waals surface area contributed by atoms with E-state index in [0.29, 0.717) is 0 Å². The minimum absolute atomic E-state index is 0.744. The normalized spacial score (nSPS) is 10.1. The summed E-state index contributed by atoms with van der Waals surface area (Å²) < 4.78 is 5.65. The first-order chi connectivity index (χ1) is 10.3. The number of ether oxygens (including phenoxy) is 1. The summed E-state index contributed by atoms with van der Waals surface area (Å²) in [5.41, 5.74) is 2.24. The Hall–Kier alpha value is -1.87. The largest absolute Gasteiger partial charge is 0.494 e. The Morgan fingerprint density at radius 1 is 1.05 bits per heavy atom. The molecule has 2 nitrogen and oxygen atoms in total. The van der Waals surface area contributed by atoms with Gasteiger partial charge in [0.05, 0.1) is 6.61 Å². The van der Waals surface area contributed by atoms with E-state index in [1.54, 1.807) is 0 Å². The zero-order valence-electron chi connectivity index (χ0n) is 12.3. The molecule has 0 radical (unpaired) electrons. The van der Waals surface area contributed by atoms with E-state index in [9.17, 15) is 0 Å². The first-order valence-electron chi connectivity index (χ1n) is 7.34. The van der Waals surface area contributed by atoms with Gasteiger partial charge in [0.2, 0.25) is 0 Å². The van der Waals surface area contributed by atoms with Gasteiger partial charge in [-0.05, 0) is 36.2 Å². The predicted molar refractivity (Wildman–Crippen MR) is 91.8 cm³/mol. The van der Waals surface area contributed by atoms with Gasteiger partial charge in [0.25, 0.3) is 0 Å². The van der Waals surface area contributed by atoms with Crippen molar-refractivity contribution < 1.29 is 4.74 Å². The fourth-order valence-corrected chi connectivity index (χ4v) is 2.13. The molecular formula is C18H21NOS. The number of nitrogens with one attached hydrogen (secondary N) is 1. The van der Waals surface area contributed by atoms with Crippen LogP contribution >= 0.6 is 12.2 Å². The number of hydrogen-bond acceptors (Lipinski definition) is 2. The SMILES string of the molecule is CCCCOc1ccc(C(=S)NCc2ccccc2)cc1. The van der Waals surface area contributed by atoms with Crippen LogP contribution in [0, 0.1) is 0 Å². The highest BCUT2D eigenvalue weighted by molar-refractivity contribution is 7.80. The van der Waals surface area contributed by atoms with Crippen LogP contribution in [0.4, 0.5) is 0 Å². The highest BCUT2D eigenvalue weighted by atomic mass is 32.1. The topological polar surface area (TPSA) is 21.3 Å². The van der Waals surface area contributed by atoms with Gasteiger partial charge in [0.1, 0.15) is 10.7 Å². The lowest BCUT2D eigenvalue weighted by Gasteiger charge is -2.10. The lowest BCUT2D eigenvalue weighted by Crippen LogP contribution is -2.21. The van der Waals surface area contributed by atoms with Crippen molar-refractivity contribution in [1.29, 1.82) is 0 Å². The summed E-state index contributed by atoms with van der Waals surface area (Å²) in [6.45, 7) is 3.67. The molecule has 0 heterocycles. The standard InChI is InChI=1S/C18H21NOS/c1-2-3-13-20-17-11-9-16(10-12-17)18(21)19-14-15-7-5-4-6-8-15/h4-12H,2-3,13-14H2,1H3,(H,19,21). The Balaban J connectivity index is 1.85. The van der Waals surface area contributed by atoms with Crippen molar-refractivity contribution in [2.45, 2.75) is 26.3 Å². The summed E-state index contributed by atoms with van der Waals surface area (Å²) in [5.74, 6) is 0.901. The molecule has 2 rings (SSSR count). The molecule has 0 aromatic heterocycles. The lowest BCUT2D eigenvalue weighted by atomic mass is 10.2. The third-order valence-electron chi connectivity index (χ3n) is 3.18. The van der Waals surface area contributed by atoms with E-state index in [-0.39, 0.29) is 0 Å². The molecule has 0 aliphatic heterocycles. The molecular weight excluding hydrogens is 278 g/mol. The first kappa shape index (κ1) is 15.5. The molecule has 2 aromatic rings. The average Bonchev–Trinajstić information content (AvgIpc) is 2.54. The van der Waals surface area contributed by atoms with Gasteiger partial charge in [-0.1, -0.05) is 55.9 Å². The molecule has 21 heavy (non-hydrogen) atoms. The molecule has 3 heteroatoms. The molecule has 0 saturated carbocycles. The van der Waals surface area contributed by atoms with E-state index in [1.807, 2.05) is 42.5 Å². The van der Waals surface area contributed by atoms with Crippen LogP contribution in [0.15, 0.2) is 54.6 Å². The van der Waals surface area contributed by atoms with Crippen LogP contribution < -0.4 is 10.1 Å². The van der Waals surface area contributed by atoms with Crippen LogP contribution in [0.3, 0.4) is 0 Å². The van der Waals surface area contributed by atoms with Crippen LogP contribution in [0.25, 0.3) is 0 Å². The Labute approximate surface area is 132 Å². The minimum atomic E-state index is 0.744. The molecule has 0 bridgehead atoms. The zero-order chi connectivity index (χ0) is 14.9. The van der Waals surface area contributed by atoms with Gasteiger partial charge >= 0.3 is 0 Å². The molecule has 0 spiro atoms. The van der Waals surface area contributed by atoms with E-state index in [0.717, 1.165) is 42.3 Å². The third-order valence-corrected chi connectivity index (χ3v) is 3.56. The van der Waals surface area contributed by atoms with E-state index in [4.69, 9.17) is 17.0 Å². The van der Waals surface area contributed by atoms with Gasteiger partial charge in [0.15, 0.2) is 0 Å². The molecule has 1 N–H and O–H groups in total. The molecule has 0 aliphatic rings. The molecule has 0 unspecified atom stereocenters. The number of unbranched alkanes of at least 4 members (excludes halogenated alkanes) is 1.